The fourth-order valence-corrected chi connectivity index (χ4v) is 3.37. The number of ether oxygens (including phenoxy) is 1. The fraction of sp³-hybridized carbons (Fsp3) is 0.412. The van der Waals surface area contributed by atoms with E-state index >= 15 is 0 Å². The van der Waals surface area contributed by atoms with Crippen LogP contribution in [0.1, 0.15) is 42.7 Å². The van der Waals surface area contributed by atoms with E-state index in [2.05, 4.69) is 24.3 Å². The molecule has 2 N–H and O–H groups in total. The maximum Gasteiger partial charge on any atom is 0.119 e. The first-order valence-corrected chi connectivity index (χ1v) is 7.13. The molecule has 0 saturated heterocycles. The molecule has 1 aliphatic rings. The second-order valence-corrected chi connectivity index (χ2v) is 5.41. The number of nitrogens with two attached hydrogens (primary N) is 1. The smallest absolute Gasteiger partial charge is 0.119 e. The summed E-state index contributed by atoms with van der Waals surface area (Å²) in [6, 6.07) is 10.7. The first-order chi connectivity index (χ1) is 9.33. The highest BCUT2D eigenvalue weighted by molar-refractivity contribution is 5.88. The molecule has 100 valence electrons. The molecule has 1 fully saturated rings. The van der Waals surface area contributed by atoms with Crippen LogP contribution in [0.5, 0.6) is 5.75 Å². The molecule has 2 aromatic carbocycles. The van der Waals surface area contributed by atoms with Gasteiger partial charge in [0.05, 0.1) is 7.11 Å². The van der Waals surface area contributed by atoms with Crippen LogP contribution in [-0.2, 0) is 6.54 Å². The summed E-state index contributed by atoms with van der Waals surface area (Å²) in [5.74, 6) is 1.61. The minimum atomic E-state index is 0.624. The number of hydrogen-bond acceptors (Lipinski definition) is 2. The van der Waals surface area contributed by atoms with Crippen molar-refractivity contribution in [1.29, 1.82) is 0 Å². The molecule has 0 unspecified atom stereocenters. The van der Waals surface area contributed by atoms with Crippen LogP contribution in [0.4, 0.5) is 0 Å². The van der Waals surface area contributed by atoms with Crippen molar-refractivity contribution in [2.24, 2.45) is 5.73 Å². The van der Waals surface area contributed by atoms with Crippen molar-refractivity contribution in [1.82, 2.24) is 0 Å². The van der Waals surface area contributed by atoms with E-state index in [0.717, 1.165) is 5.75 Å². The predicted molar refractivity (Wildman–Crippen MR) is 79.6 cm³/mol. The lowest BCUT2D eigenvalue weighted by molar-refractivity contribution is 0.415. The van der Waals surface area contributed by atoms with Crippen LogP contribution >= 0.6 is 0 Å². The van der Waals surface area contributed by atoms with E-state index in [4.69, 9.17) is 10.5 Å². The van der Waals surface area contributed by atoms with Crippen molar-refractivity contribution < 1.29 is 4.74 Å². The van der Waals surface area contributed by atoms with Gasteiger partial charge in [-0.2, -0.15) is 0 Å². The predicted octanol–water partition coefficient (Wildman–Crippen LogP) is 3.96. The van der Waals surface area contributed by atoms with Gasteiger partial charge in [0.2, 0.25) is 0 Å². The first-order valence-electron chi connectivity index (χ1n) is 7.13. The second-order valence-electron chi connectivity index (χ2n) is 5.41. The Hall–Kier alpha value is -1.54. The molecule has 0 aromatic heterocycles. The van der Waals surface area contributed by atoms with Crippen molar-refractivity contribution in [2.45, 2.75) is 38.1 Å². The molecule has 0 spiro atoms. The number of rotatable bonds is 3. The van der Waals surface area contributed by atoms with Crippen molar-refractivity contribution in [2.75, 3.05) is 7.11 Å². The Morgan fingerprint density at radius 3 is 2.58 bits per heavy atom. The van der Waals surface area contributed by atoms with Crippen molar-refractivity contribution in [3.63, 3.8) is 0 Å². The van der Waals surface area contributed by atoms with E-state index in [1.54, 1.807) is 7.11 Å². The van der Waals surface area contributed by atoms with E-state index in [1.165, 1.54) is 47.6 Å². The fourth-order valence-electron chi connectivity index (χ4n) is 3.37. The minimum absolute atomic E-state index is 0.624. The average molecular weight is 255 g/mol. The van der Waals surface area contributed by atoms with Gasteiger partial charge in [-0.1, -0.05) is 31.0 Å². The van der Waals surface area contributed by atoms with Crippen LogP contribution in [-0.4, -0.2) is 7.11 Å². The third-order valence-corrected chi connectivity index (χ3v) is 4.34. The Morgan fingerprint density at radius 1 is 1.16 bits per heavy atom. The molecule has 2 nitrogen and oxygen atoms in total. The monoisotopic (exact) mass is 255 g/mol. The highest BCUT2D eigenvalue weighted by Gasteiger charge is 2.21. The summed E-state index contributed by atoms with van der Waals surface area (Å²) < 4.78 is 5.38. The molecular weight excluding hydrogens is 234 g/mol. The lowest BCUT2D eigenvalue weighted by Gasteiger charge is -2.18. The zero-order valence-electron chi connectivity index (χ0n) is 11.5. The van der Waals surface area contributed by atoms with Gasteiger partial charge in [-0.15, -0.1) is 0 Å². The third kappa shape index (κ3) is 2.21. The molecule has 3 rings (SSSR count). The molecular formula is C17H21NO. The number of methoxy groups -OCH3 is 1. The van der Waals surface area contributed by atoms with Crippen molar-refractivity contribution >= 4 is 10.8 Å². The highest BCUT2D eigenvalue weighted by atomic mass is 16.5. The molecule has 2 heteroatoms. The lowest BCUT2D eigenvalue weighted by Crippen LogP contribution is -2.05. The van der Waals surface area contributed by atoms with Gasteiger partial charge in [0.15, 0.2) is 0 Å². The van der Waals surface area contributed by atoms with Gasteiger partial charge in [-0.05, 0) is 52.8 Å². The standard InChI is InChI=1S/C17H21NO/c1-19-15-9-8-12-6-7-14(11-18)17(16(12)10-15)13-4-2-3-5-13/h6-10,13H,2-5,11,18H2,1H3. The molecule has 0 bridgehead atoms. The van der Waals surface area contributed by atoms with Crippen LogP contribution in [0.15, 0.2) is 30.3 Å². The SMILES string of the molecule is COc1ccc2ccc(CN)c(C3CCCC3)c2c1. The van der Waals surface area contributed by atoms with Crippen LogP contribution in [0.2, 0.25) is 0 Å². The van der Waals surface area contributed by atoms with Crippen LogP contribution in [0, 0.1) is 0 Å². The van der Waals surface area contributed by atoms with Gasteiger partial charge >= 0.3 is 0 Å². The Balaban J connectivity index is 2.23. The van der Waals surface area contributed by atoms with E-state index in [-0.39, 0.29) is 0 Å². The molecule has 0 aliphatic heterocycles. The maximum atomic E-state index is 5.95. The van der Waals surface area contributed by atoms with Crippen LogP contribution in [0.25, 0.3) is 10.8 Å². The van der Waals surface area contributed by atoms with Gasteiger partial charge in [0, 0.05) is 6.54 Å². The lowest BCUT2D eigenvalue weighted by atomic mass is 9.88. The van der Waals surface area contributed by atoms with Gasteiger partial charge < -0.3 is 10.5 Å². The zero-order chi connectivity index (χ0) is 13.2. The Kier molecular flexibility index (Phi) is 3.43. The van der Waals surface area contributed by atoms with Crippen molar-refractivity contribution in [3.8, 4) is 5.75 Å². The summed E-state index contributed by atoms with van der Waals surface area (Å²) in [4.78, 5) is 0. The maximum absolute atomic E-state index is 5.95. The van der Waals surface area contributed by atoms with E-state index in [9.17, 15) is 0 Å². The Labute approximate surface area is 114 Å². The molecule has 1 aliphatic carbocycles. The number of fused-ring (bicyclic) bond motifs is 1. The number of benzene rings is 2. The summed E-state index contributed by atoms with van der Waals surface area (Å²) in [5.41, 5.74) is 8.72. The first kappa shape index (κ1) is 12.5. The molecule has 1 saturated carbocycles. The summed E-state index contributed by atoms with van der Waals surface area (Å²) in [5, 5.41) is 2.62. The molecule has 0 heterocycles. The summed E-state index contributed by atoms with van der Waals surface area (Å²) in [6.45, 7) is 0.624. The van der Waals surface area contributed by atoms with Gasteiger partial charge in [0.25, 0.3) is 0 Å². The summed E-state index contributed by atoms with van der Waals surface area (Å²) >= 11 is 0. The molecule has 0 radical (unpaired) electrons. The average Bonchev–Trinajstić information content (AvgIpc) is 2.99. The van der Waals surface area contributed by atoms with Gasteiger partial charge in [-0.3, -0.25) is 0 Å². The quantitative estimate of drug-likeness (QED) is 0.900. The minimum Gasteiger partial charge on any atom is -0.497 e. The van der Waals surface area contributed by atoms with Gasteiger partial charge in [-0.25, -0.2) is 0 Å². The summed E-state index contributed by atoms with van der Waals surface area (Å²) in [7, 11) is 1.73. The van der Waals surface area contributed by atoms with Crippen LogP contribution < -0.4 is 10.5 Å². The van der Waals surface area contributed by atoms with Crippen molar-refractivity contribution in [3.05, 3.63) is 41.5 Å². The normalized spacial score (nSPS) is 16.1. The molecule has 0 atom stereocenters. The Bertz CT molecular complexity index is 580. The summed E-state index contributed by atoms with van der Waals surface area (Å²) in [6.07, 6.45) is 5.27. The van der Waals surface area contributed by atoms with E-state index in [0.29, 0.717) is 12.5 Å². The highest BCUT2D eigenvalue weighted by Crippen LogP contribution is 2.40. The Morgan fingerprint density at radius 2 is 1.89 bits per heavy atom. The van der Waals surface area contributed by atoms with Gasteiger partial charge in [0.1, 0.15) is 5.75 Å². The second kappa shape index (κ2) is 5.22. The van der Waals surface area contributed by atoms with E-state index < -0.39 is 0 Å². The zero-order valence-corrected chi connectivity index (χ0v) is 11.5. The number of hydrogen-bond donors (Lipinski definition) is 1. The molecule has 19 heavy (non-hydrogen) atoms. The molecule has 2 aromatic rings. The topological polar surface area (TPSA) is 35.2 Å². The largest absolute Gasteiger partial charge is 0.497 e. The van der Waals surface area contributed by atoms with Crippen LogP contribution in [0.3, 0.4) is 0 Å². The molecule has 0 amide bonds. The van der Waals surface area contributed by atoms with E-state index in [1.807, 2.05) is 6.07 Å². The third-order valence-electron chi connectivity index (χ3n) is 4.34.